The summed E-state index contributed by atoms with van der Waals surface area (Å²) in [6.07, 6.45) is 0. The van der Waals surface area contributed by atoms with Gasteiger partial charge in [0.15, 0.2) is 5.75 Å². The summed E-state index contributed by atoms with van der Waals surface area (Å²) < 4.78 is 7.50. The van der Waals surface area contributed by atoms with Crippen LogP contribution in [-0.2, 0) is 0 Å². The lowest BCUT2D eigenvalue weighted by Crippen LogP contribution is -2.19. The van der Waals surface area contributed by atoms with Crippen LogP contribution in [0.4, 0.5) is 5.69 Å². The van der Waals surface area contributed by atoms with E-state index in [1.807, 2.05) is 67.6 Å². The number of benzene rings is 3. The molecule has 150 valence electrons. The second-order valence-electron chi connectivity index (χ2n) is 6.81. The lowest BCUT2D eigenvalue weighted by molar-refractivity contribution is 0.484. The van der Waals surface area contributed by atoms with Gasteiger partial charge >= 0.3 is 0 Å². The number of aromatic nitrogens is 2. The summed E-state index contributed by atoms with van der Waals surface area (Å²) in [5, 5.41) is 3.66. The van der Waals surface area contributed by atoms with Gasteiger partial charge in [0.1, 0.15) is 11.4 Å². The van der Waals surface area contributed by atoms with E-state index in [1.165, 1.54) is 4.68 Å². The fraction of sp³-hybridized carbons (Fsp3) is 0.0833. The monoisotopic (exact) mass is 417 g/mol. The van der Waals surface area contributed by atoms with E-state index in [-0.39, 0.29) is 5.56 Å². The predicted molar refractivity (Wildman–Crippen MR) is 121 cm³/mol. The van der Waals surface area contributed by atoms with E-state index in [1.54, 1.807) is 25.1 Å². The van der Waals surface area contributed by atoms with E-state index >= 15 is 0 Å². The zero-order valence-corrected chi connectivity index (χ0v) is 17.4. The first kappa shape index (κ1) is 19.7. The number of aryl methyl sites for hydroxylation is 1. The average molecular weight is 418 g/mol. The predicted octanol–water partition coefficient (Wildman–Crippen LogP) is 6.06. The molecular formula is C24H20ClN3O2. The molecule has 5 nitrogen and oxygen atoms in total. The number of hydrogen-bond acceptors (Lipinski definition) is 3. The second kappa shape index (κ2) is 8.43. The maximum atomic E-state index is 13.1. The quantitative estimate of drug-likeness (QED) is 0.401. The number of nitrogens with zero attached hydrogens (tertiary/aromatic N) is 2. The topological polar surface area (TPSA) is 59.4 Å². The zero-order chi connectivity index (χ0) is 21.1. The molecule has 0 aliphatic carbocycles. The van der Waals surface area contributed by atoms with Crippen molar-refractivity contribution in [1.82, 2.24) is 9.78 Å². The van der Waals surface area contributed by atoms with Crippen LogP contribution in [0.3, 0.4) is 0 Å². The Morgan fingerprint density at radius 2 is 1.67 bits per heavy atom. The van der Waals surface area contributed by atoms with Gasteiger partial charge in [-0.2, -0.15) is 0 Å². The van der Waals surface area contributed by atoms with Crippen LogP contribution in [-0.4, -0.2) is 15.5 Å². The third kappa shape index (κ3) is 4.07. The molecule has 3 aromatic carbocycles. The molecule has 4 rings (SSSR count). The van der Waals surface area contributed by atoms with Gasteiger partial charge in [-0.05, 0) is 56.3 Å². The number of rotatable bonds is 5. The van der Waals surface area contributed by atoms with Crippen molar-refractivity contribution in [2.24, 2.45) is 4.99 Å². The summed E-state index contributed by atoms with van der Waals surface area (Å²) in [5.74, 6) is 1.25. The zero-order valence-electron chi connectivity index (χ0n) is 16.6. The van der Waals surface area contributed by atoms with Crippen LogP contribution in [0.5, 0.6) is 11.5 Å². The van der Waals surface area contributed by atoms with Crippen molar-refractivity contribution in [2.75, 3.05) is 0 Å². The number of hydrogen-bond donors (Lipinski definition) is 1. The summed E-state index contributed by atoms with van der Waals surface area (Å²) in [6.45, 7) is 3.66. The number of para-hydroxylation sites is 2. The number of halogens is 1. The Kier molecular flexibility index (Phi) is 5.55. The molecule has 0 atom stereocenters. The van der Waals surface area contributed by atoms with Crippen LogP contribution in [0.15, 0.2) is 88.6 Å². The summed E-state index contributed by atoms with van der Waals surface area (Å²) in [5.41, 5.74) is 2.98. The standard InChI is InChI=1S/C24H20ClN3O2/c1-16(23-17(2)27-28(24(23)29)19-9-5-3-6-10-19)26-21-15-18(25)13-14-22(21)30-20-11-7-4-8-12-20/h3-15,27H,1-2H3. The number of H-pyrrole nitrogens is 1. The molecule has 0 saturated carbocycles. The molecule has 0 spiro atoms. The van der Waals surface area contributed by atoms with Gasteiger partial charge in [0.05, 0.1) is 17.0 Å². The minimum atomic E-state index is -0.160. The van der Waals surface area contributed by atoms with Gasteiger partial charge in [-0.1, -0.05) is 48.0 Å². The van der Waals surface area contributed by atoms with Crippen molar-refractivity contribution in [3.8, 4) is 17.2 Å². The molecule has 0 aliphatic rings. The van der Waals surface area contributed by atoms with Gasteiger partial charge in [0.2, 0.25) is 0 Å². The molecule has 0 aliphatic heterocycles. The Labute approximate surface area is 179 Å². The highest BCUT2D eigenvalue weighted by Crippen LogP contribution is 2.34. The average Bonchev–Trinajstić information content (AvgIpc) is 3.05. The lowest BCUT2D eigenvalue weighted by atomic mass is 10.1. The third-order valence-electron chi connectivity index (χ3n) is 4.63. The maximum absolute atomic E-state index is 13.1. The first-order valence-corrected chi connectivity index (χ1v) is 9.86. The van der Waals surface area contributed by atoms with Crippen LogP contribution in [0, 0.1) is 6.92 Å². The van der Waals surface area contributed by atoms with Crippen LogP contribution < -0.4 is 10.3 Å². The summed E-state index contributed by atoms with van der Waals surface area (Å²) in [4.78, 5) is 17.7. The molecule has 0 radical (unpaired) electrons. The van der Waals surface area contributed by atoms with Crippen molar-refractivity contribution in [2.45, 2.75) is 13.8 Å². The number of aromatic amines is 1. The van der Waals surface area contributed by atoms with Gasteiger partial charge in [0, 0.05) is 10.7 Å². The van der Waals surface area contributed by atoms with Crippen molar-refractivity contribution >= 4 is 23.0 Å². The van der Waals surface area contributed by atoms with Gasteiger partial charge in [-0.25, -0.2) is 9.67 Å². The Morgan fingerprint density at radius 1 is 1.00 bits per heavy atom. The Morgan fingerprint density at radius 3 is 2.37 bits per heavy atom. The second-order valence-corrected chi connectivity index (χ2v) is 7.25. The van der Waals surface area contributed by atoms with E-state index < -0.39 is 0 Å². The molecule has 0 saturated heterocycles. The third-order valence-corrected chi connectivity index (χ3v) is 4.86. The summed E-state index contributed by atoms with van der Waals surface area (Å²) >= 11 is 6.20. The van der Waals surface area contributed by atoms with Crippen molar-refractivity contribution in [1.29, 1.82) is 0 Å². The minimum absolute atomic E-state index is 0.160. The van der Waals surface area contributed by atoms with Crippen molar-refractivity contribution < 1.29 is 4.74 Å². The van der Waals surface area contributed by atoms with E-state index in [0.29, 0.717) is 33.5 Å². The SMILES string of the molecule is CC(=Nc1cc(Cl)ccc1Oc1ccccc1)c1c(C)[nH]n(-c2ccccc2)c1=O. The van der Waals surface area contributed by atoms with Crippen molar-refractivity contribution in [3.63, 3.8) is 0 Å². The van der Waals surface area contributed by atoms with Gasteiger partial charge in [0.25, 0.3) is 5.56 Å². The van der Waals surface area contributed by atoms with E-state index in [0.717, 1.165) is 11.4 Å². The van der Waals surface area contributed by atoms with Crippen molar-refractivity contribution in [3.05, 3.63) is 105 Å². The van der Waals surface area contributed by atoms with E-state index in [4.69, 9.17) is 16.3 Å². The highest BCUT2D eigenvalue weighted by Gasteiger charge is 2.16. The Balaban J connectivity index is 1.75. The van der Waals surface area contributed by atoms with Crippen LogP contribution in [0.1, 0.15) is 18.2 Å². The Hall–Kier alpha value is -3.57. The first-order chi connectivity index (χ1) is 14.5. The molecule has 6 heteroatoms. The fourth-order valence-electron chi connectivity index (χ4n) is 3.25. The molecule has 0 unspecified atom stereocenters. The molecule has 0 fully saturated rings. The largest absolute Gasteiger partial charge is 0.455 e. The first-order valence-electron chi connectivity index (χ1n) is 9.48. The van der Waals surface area contributed by atoms with E-state index in [9.17, 15) is 4.79 Å². The lowest BCUT2D eigenvalue weighted by Gasteiger charge is -2.09. The molecule has 0 amide bonds. The molecular weight excluding hydrogens is 398 g/mol. The van der Waals surface area contributed by atoms with Crippen LogP contribution >= 0.6 is 11.6 Å². The molecule has 0 bridgehead atoms. The normalized spacial score (nSPS) is 11.5. The highest BCUT2D eigenvalue weighted by atomic mass is 35.5. The molecule has 1 N–H and O–H groups in total. The molecule has 1 aromatic heterocycles. The fourth-order valence-corrected chi connectivity index (χ4v) is 3.41. The Bertz CT molecular complexity index is 1260. The molecule has 30 heavy (non-hydrogen) atoms. The van der Waals surface area contributed by atoms with Crippen LogP contribution in [0.25, 0.3) is 5.69 Å². The number of aliphatic imine (C=N–C) groups is 1. The van der Waals surface area contributed by atoms with E-state index in [2.05, 4.69) is 10.1 Å². The summed E-state index contributed by atoms with van der Waals surface area (Å²) in [7, 11) is 0. The highest BCUT2D eigenvalue weighted by molar-refractivity contribution is 6.31. The molecule has 1 heterocycles. The minimum Gasteiger partial charge on any atom is -0.455 e. The number of ether oxygens (including phenoxy) is 1. The maximum Gasteiger partial charge on any atom is 0.280 e. The smallest absolute Gasteiger partial charge is 0.280 e. The van der Waals surface area contributed by atoms with Gasteiger partial charge in [-0.15, -0.1) is 0 Å². The van der Waals surface area contributed by atoms with Crippen LogP contribution in [0.2, 0.25) is 5.02 Å². The number of nitrogens with one attached hydrogen (secondary N) is 1. The summed E-state index contributed by atoms with van der Waals surface area (Å²) in [6, 6.07) is 24.1. The van der Waals surface area contributed by atoms with Gasteiger partial charge in [-0.3, -0.25) is 9.89 Å². The van der Waals surface area contributed by atoms with Gasteiger partial charge < -0.3 is 4.74 Å². The molecule has 4 aromatic rings.